The van der Waals surface area contributed by atoms with Crippen LogP contribution in [0.3, 0.4) is 0 Å². The van der Waals surface area contributed by atoms with Crippen molar-refractivity contribution < 1.29 is 9.21 Å². The molecule has 0 aliphatic carbocycles. The van der Waals surface area contributed by atoms with Crippen molar-refractivity contribution >= 4 is 5.78 Å². The highest BCUT2D eigenvalue weighted by Crippen LogP contribution is 2.06. The molecule has 2 aromatic heterocycles. The van der Waals surface area contributed by atoms with Crippen LogP contribution in [-0.2, 0) is 0 Å². The topological polar surface area (TPSA) is 68.9 Å². The fourth-order valence-electron chi connectivity index (χ4n) is 1.10. The molecular formula is C10H9N3O2. The summed E-state index contributed by atoms with van der Waals surface area (Å²) in [5.41, 5.74) is 1.30. The lowest BCUT2D eigenvalue weighted by molar-refractivity contribution is 0.0997. The van der Waals surface area contributed by atoms with E-state index in [-0.39, 0.29) is 11.7 Å². The number of pyridine rings is 1. The third-order valence-corrected chi connectivity index (χ3v) is 1.86. The highest BCUT2D eigenvalue weighted by Gasteiger charge is 2.16. The van der Waals surface area contributed by atoms with Crippen molar-refractivity contribution in [3.05, 3.63) is 41.4 Å². The van der Waals surface area contributed by atoms with Gasteiger partial charge >= 0.3 is 0 Å². The van der Waals surface area contributed by atoms with Crippen molar-refractivity contribution in [3.8, 4) is 0 Å². The Hall–Kier alpha value is -2.04. The molecule has 0 saturated carbocycles. The fraction of sp³-hybridized carbons (Fsp3) is 0.200. The summed E-state index contributed by atoms with van der Waals surface area (Å²) in [6.07, 6.45) is 1.62. The molecule has 0 aliphatic heterocycles. The fourth-order valence-corrected chi connectivity index (χ4v) is 1.10. The molecule has 0 fully saturated rings. The van der Waals surface area contributed by atoms with Gasteiger partial charge in [-0.05, 0) is 18.6 Å². The Labute approximate surface area is 86.2 Å². The van der Waals surface area contributed by atoms with Gasteiger partial charge in [-0.25, -0.2) is 0 Å². The molecule has 0 aliphatic rings. The van der Waals surface area contributed by atoms with Crippen molar-refractivity contribution in [2.24, 2.45) is 0 Å². The number of hydrogen-bond donors (Lipinski definition) is 0. The highest BCUT2D eigenvalue weighted by molar-refractivity contribution is 6.04. The van der Waals surface area contributed by atoms with E-state index in [1.54, 1.807) is 19.2 Å². The summed E-state index contributed by atoms with van der Waals surface area (Å²) in [5, 5.41) is 7.22. The van der Waals surface area contributed by atoms with E-state index in [0.29, 0.717) is 11.6 Å². The molecule has 0 N–H and O–H groups in total. The van der Waals surface area contributed by atoms with Crippen LogP contribution in [0.5, 0.6) is 0 Å². The zero-order valence-corrected chi connectivity index (χ0v) is 8.39. The van der Waals surface area contributed by atoms with E-state index in [1.165, 1.54) is 0 Å². The summed E-state index contributed by atoms with van der Waals surface area (Å²) >= 11 is 0. The van der Waals surface area contributed by atoms with Gasteiger partial charge in [0.1, 0.15) is 5.69 Å². The van der Waals surface area contributed by atoms with Crippen LogP contribution < -0.4 is 0 Å². The SMILES string of the molecule is Cc1ccc(C(=O)c2nnc(C)o2)nc1. The van der Waals surface area contributed by atoms with Gasteiger partial charge in [0, 0.05) is 13.1 Å². The molecule has 0 atom stereocenters. The van der Waals surface area contributed by atoms with Gasteiger partial charge in [0.2, 0.25) is 5.89 Å². The van der Waals surface area contributed by atoms with Crippen LogP contribution in [0.4, 0.5) is 0 Å². The predicted octanol–water partition coefficient (Wildman–Crippen LogP) is 1.31. The Morgan fingerprint density at radius 3 is 2.60 bits per heavy atom. The van der Waals surface area contributed by atoms with Gasteiger partial charge in [0.25, 0.3) is 11.7 Å². The number of carbonyl (C=O) groups excluding carboxylic acids is 1. The van der Waals surface area contributed by atoms with Gasteiger partial charge in [0.15, 0.2) is 0 Å². The lowest BCUT2D eigenvalue weighted by Gasteiger charge is -1.95. The van der Waals surface area contributed by atoms with Gasteiger partial charge in [-0.1, -0.05) is 6.07 Å². The molecule has 0 saturated heterocycles. The van der Waals surface area contributed by atoms with E-state index >= 15 is 0 Å². The monoisotopic (exact) mass is 203 g/mol. The molecule has 0 amide bonds. The predicted molar refractivity (Wildman–Crippen MR) is 51.4 cm³/mol. The summed E-state index contributed by atoms with van der Waals surface area (Å²) in [7, 11) is 0. The van der Waals surface area contributed by atoms with Crippen LogP contribution in [0, 0.1) is 13.8 Å². The maximum Gasteiger partial charge on any atom is 0.290 e. The molecule has 76 valence electrons. The maximum atomic E-state index is 11.7. The Bertz CT molecular complexity index is 488. The van der Waals surface area contributed by atoms with E-state index in [4.69, 9.17) is 4.42 Å². The van der Waals surface area contributed by atoms with Crippen molar-refractivity contribution in [2.75, 3.05) is 0 Å². The second kappa shape index (κ2) is 3.61. The van der Waals surface area contributed by atoms with Gasteiger partial charge in [-0.3, -0.25) is 9.78 Å². The van der Waals surface area contributed by atoms with Crippen LogP contribution in [0.15, 0.2) is 22.7 Å². The first-order valence-corrected chi connectivity index (χ1v) is 4.44. The largest absolute Gasteiger partial charge is 0.418 e. The molecule has 15 heavy (non-hydrogen) atoms. The first kappa shape index (κ1) is 9.51. The Balaban J connectivity index is 2.32. The van der Waals surface area contributed by atoms with E-state index < -0.39 is 0 Å². The van der Waals surface area contributed by atoms with Crippen LogP contribution in [0.1, 0.15) is 27.8 Å². The Kier molecular flexibility index (Phi) is 2.29. The number of ketones is 1. The van der Waals surface area contributed by atoms with Crippen LogP contribution in [0.25, 0.3) is 0 Å². The normalized spacial score (nSPS) is 10.3. The number of aryl methyl sites for hydroxylation is 2. The Morgan fingerprint density at radius 2 is 2.07 bits per heavy atom. The molecule has 5 nitrogen and oxygen atoms in total. The van der Waals surface area contributed by atoms with E-state index in [2.05, 4.69) is 15.2 Å². The van der Waals surface area contributed by atoms with Crippen LogP contribution >= 0.6 is 0 Å². The van der Waals surface area contributed by atoms with Gasteiger partial charge in [-0.15, -0.1) is 10.2 Å². The quantitative estimate of drug-likeness (QED) is 0.688. The molecular weight excluding hydrogens is 194 g/mol. The summed E-state index contributed by atoms with van der Waals surface area (Å²) in [5.74, 6) is -0.00934. The van der Waals surface area contributed by atoms with Crippen LogP contribution in [0.2, 0.25) is 0 Å². The molecule has 2 rings (SSSR count). The number of carbonyl (C=O) groups is 1. The number of rotatable bonds is 2. The lowest BCUT2D eigenvalue weighted by Crippen LogP contribution is -2.04. The van der Waals surface area contributed by atoms with Gasteiger partial charge in [0.05, 0.1) is 0 Å². The first-order valence-electron chi connectivity index (χ1n) is 4.44. The lowest BCUT2D eigenvalue weighted by atomic mass is 10.2. The summed E-state index contributed by atoms with van der Waals surface area (Å²) in [6.45, 7) is 3.53. The zero-order chi connectivity index (χ0) is 10.8. The molecule has 0 aromatic carbocycles. The molecule has 2 aromatic rings. The average molecular weight is 203 g/mol. The zero-order valence-electron chi connectivity index (χ0n) is 8.39. The molecule has 2 heterocycles. The van der Waals surface area contributed by atoms with Crippen molar-refractivity contribution in [3.63, 3.8) is 0 Å². The number of aromatic nitrogens is 3. The van der Waals surface area contributed by atoms with Gasteiger partial charge < -0.3 is 4.42 Å². The minimum atomic E-state index is -0.351. The Morgan fingerprint density at radius 1 is 1.27 bits per heavy atom. The van der Waals surface area contributed by atoms with Crippen LogP contribution in [-0.4, -0.2) is 21.0 Å². The highest BCUT2D eigenvalue weighted by atomic mass is 16.4. The van der Waals surface area contributed by atoms with Crippen molar-refractivity contribution in [1.82, 2.24) is 15.2 Å². The van der Waals surface area contributed by atoms with Crippen molar-refractivity contribution in [1.29, 1.82) is 0 Å². The molecule has 5 heteroatoms. The maximum absolute atomic E-state index is 11.7. The average Bonchev–Trinajstić information content (AvgIpc) is 2.65. The molecule has 0 unspecified atom stereocenters. The second-order valence-electron chi connectivity index (χ2n) is 3.18. The minimum Gasteiger partial charge on any atom is -0.418 e. The second-order valence-corrected chi connectivity index (χ2v) is 3.18. The van der Waals surface area contributed by atoms with E-state index in [0.717, 1.165) is 5.56 Å². The van der Waals surface area contributed by atoms with Gasteiger partial charge in [-0.2, -0.15) is 0 Å². The van der Waals surface area contributed by atoms with Crippen molar-refractivity contribution in [2.45, 2.75) is 13.8 Å². The first-order chi connectivity index (χ1) is 7.16. The number of nitrogens with zero attached hydrogens (tertiary/aromatic N) is 3. The standard InChI is InChI=1S/C10H9N3O2/c1-6-3-4-8(11-5-6)9(14)10-13-12-7(2)15-10/h3-5H,1-2H3. The third-order valence-electron chi connectivity index (χ3n) is 1.86. The minimum absolute atomic E-state index is 0.0242. The third kappa shape index (κ3) is 1.90. The number of hydrogen-bond acceptors (Lipinski definition) is 5. The molecule has 0 spiro atoms. The summed E-state index contributed by atoms with van der Waals surface area (Å²) in [4.78, 5) is 15.7. The van der Waals surface area contributed by atoms with E-state index in [1.807, 2.05) is 13.0 Å². The molecule has 0 bridgehead atoms. The smallest absolute Gasteiger partial charge is 0.290 e. The van der Waals surface area contributed by atoms with E-state index in [9.17, 15) is 4.79 Å². The summed E-state index contributed by atoms with van der Waals surface area (Å²) < 4.78 is 5.02. The molecule has 0 radical (unpaired) electrons. The summed E-state index contributed by atoms with van der Waals surface area (Å²) in [6, 6.07) is 3.45.